The van der Waals surface area contributed by atoms with E-state index in [-0.39, 0.29) is 0 Å². The molecule has 1 rings (SSSR count). The fraction of sp³-hybridized carbons (Fsp3) is 0.750. The summed E-state index contributed by atoms with van der Waals surface area (Å²) < 4.78 is 0. The highest BCUT2D eigenvalue weighted by Gasteiger charge is 2.10. The molecule has 8 heavy (non-hydrogen) atoms. The van der Waals surface area contributed by atoms with Gasteiger partial charge in [-0.2, -0.15) is 0 Å². The Morgan fingerprint density at radius 1 is 1.50 bits per heavy atom. The van der Waals surface area contributed by atoms with Crippen LogP contribution >= 0.6 is 0 Å². The smallest absolute Gasteiger partial charge is 0.0234 e. The van der Waals surface area contributed by atoms with Crippen LogP contribution in [0.2, 0.25) is 0 Å². The van der Waals surface area contributed by atoms with E-state index in [2.05, 4.69) is 13.5 Å². The van der Waals surface area contributed by atoms with E-state index in [0.717, 1.165) is 5.92 Å². The Labute approximate surface area is 51.6 Å². The maximum Gasteiger partial charge on any atom is -0.0234 e. The largest absolute Gasteiger partial charge is 0.0996 e. The molecule has 46 valence electrons. The second kappa shape index (κ2) is 2.34. The van der Waals surface area contributed by atoms with Gasteiger partial charge in [0.1, 0.15) is 0 Å². The van der Waals surface area contributed by atoms with Gasteiger partial charge in [0.05, 0.1) is 0 Å². The number of hydrogen-bond acceptors (Lipinski definition) is 0. The molecule has 0 aromatic carbocycles. The SMILES string of the molecule is C=C1CCCC[C@H]1C. The molecule has 0 amide bonds. The predicted octanol–water partition coefficient (Wildman–Crippen LogP) is 2.75. The van der Waals surface area contributed by atoms with E-state index < -0.39 is 0 Å². The summed E-state index contributed by atoms with van der Waals surface area (Å²) in [6, 6.07) is 0. The van der Waals surface area contributed by atoms with Gasteiger partial charge < -0.3 is 0 Å². The summed E-state index contributed by atoms with van der Waals surface area (Å²) in [5.74, 6) is 0.809. The lowest BCUT2D eigenvalue weighted by molar-refractivity contribution is 0.486. The molecule has 1 aliphatic carbocycles. The fourth-order valence-electron chi connectivity index (χ4n) is 1.25. The third kappa shape index (κ3) is 1.12. The van der Waals surface area contributed by atoms with Gasteiger partial charge in [-0.15, -0.1) is 0 Å². The first-order valence-corrected chi connectivity index (χ1v) is 3.48. The molecule has 0 aromatic heterocycles. The molecule has 1 saturated carbocycles. The minimum absolute atomic E-state index is 0.809. The lowest BCUT2D eigenvalue weighted by Gasteiger charge is -2.19. The van der Waals surface area contributed by atoms with Crippen molar-refractivity contribution in [3.8, 4) is 0 Å². The topological polar surface area (TPSA) is 0 Å². The van der Waals surface area contributed by atoms with Crippen LogP contribution < -0.4 is 0 Å². The van der Waals surface area contributed by atoms with Crippen molar-refractivity contribution in [2.45, 2.75) is 32.6 Å². The summed E-state index contributed by atoms with van der Waals surface area (Å²) in [5.41, 5.74) is 1.47. The summed E-state index contributed by atoms with van der Waals surface area (Å²) >= 11 is 0. The van der Waals surface area contributed by atoms with Crippen LogP contribution in [-0.4, -0.2) is 0 Å². The minimum Gasteiger partial charge on any atom is -0.0996 e. The van der Waals surface area contributed by atoms with Gasteiger partial charge in [-0.05, 0) is 25.2 Å². The molecule has 0 aromatic rings. The van der Waals surface area contributed by atoms with Gasteiger partial charge in [0, 0.05) is 0 Å². The van der Waals surface area contributed by atoms with Crippen molar-refractivity contribution in [1.29, 1.82) is 0 Å². The van der Waals surface area contributed by atoms with Crippen molar-refractivity contribution < 1.29 is 0 Å². The number of hydrogen-bond donors (Lipinski definition) is 0. The van der Waals surface area contributed by atoms with Crippen LogP contribution in [0.15, 0.2) is 12.2 Å². The summed E-state index contributed by atoms with van der Waals surface area (Å²) in [6.07, 6.45) is 5.45. The molecular formula is C8H14. The van der Waals surface area contributed by atoms with Gasteiger partial charge in [0.25, 0.3) is 0 Å². The van der Waals surface area contributed by atoms with E-state index in [0.29, 0.717) is 0 Å². The third-order valence-corrected chi connectivity index (χ3v) is 2.08. The Bertz CT molecular complexity index is 92.2. The molecule has 0 spiro atoms. The molecule has 0 aliphatic heterocycles. The van der Waals surface area contributed by atoms with E-state index in [1.165, 1.54) is 31.3 Å². The fourth-order valence-corrected chi connectivity index (χ4v) is 1.25. The Morgan fingerprint density at radius 3 is 2.62 bits per heavy atom. The molecule has 1 atom stereocenters. The lowest BCUT2D eigenvalue weighted by atomic mass is 9.87. The van der Waals surface area contributed by atoms with Crippen molar-refractivity contribution in [2.75, 3.05) is 0 Å². The summed E-state index contributed by atoms with van der Waals surface area (Å²) in [6.45, 7) is 6.27. The minimum atomic E-state index is 0.809. The molecule has 0 nitrogen and oxygen atoms in total. The predicted molar refractivity (Wildman–Crippen MR) is 36.8 cm³/mol. The summed E-state index contributed by atoms with van der Waals surface area (Å²) in [5, 5.41) is 0. The second-order valence-electron chi connectivity index (χ2n) is 2.81. The molecule has 1 fully saturated rings. The Morgan fingerprint density at radius 2 is 2.25 bits per heavy atom. The van der Waals surface area contributed by atoms with E-state index in [1.54, 1.807) is 0 Å². The van der Waals surface area contributed by atoms with Gasteiger partial charge in [-0.25, -0.2) is 0 Å². The van der Waals surface area contributed by atoms with Crippen LogP contribution in [0.1, 0.15) is 32.6 Å². The van der Waals surface area contributed by atoms with Crippen LogP contribution in [-0.2, 0) is 0 Å². The van der Waals surface area contributed by atoms with Gasteiger partial charge in [-0.1, -0.05) is 25.5 Å². The molecule has 0 unspecified atom stereocenters. The van der Waals surface area contributed by atoms with Crippen molar-refractivity contribution in [3.05, 3.63) is 12.2 Å². The van der Waals surface area contributed by atoms with Crippen molar-refractivity contribution in [2.24, 2.45) is 5.92 Å². The zero-order valence-electron chi connectivity index (χ0n) is 5.61. The molecule has 0 radical (unpaired) electrons. The summed E-state index contributed by atoms with van der Waals surface area (Å²) in [4.78, 5) is 0. The zero-order chi connectivity index (χ0) is 5.98. The van der Waals surface area contributed by atoms with Crippen LogP contribution in [0, 0.1) is 5.92 Å². The van der Waals surface area contributed by atoms with E-state index in [1.807, 2.05) is 0 Å². The Balaban J connectivity index is 2.39. The van der Waals surface area contributed by atoms with Gasteiger partial charge in [-0.3, -0.25) is 0 Å². The molecule has 0 heteroatoms. The first kappa shape index (κ1) is 5.87. The molecular weight excluding hydrogens is 96.1 g/mol. The number of allylic oxidation sites excluding steroid dienone is 1. The van der Waals surface area contributed by atoms with Crippen LogP contribution in [0.3, 0.4) is 0 Å². The first-order chi connectivity index (χ1) is 3.80. The van der Waals surface area contributed by atoms with Crippen molar-refractivity contribution in [3.63, 3.8) is 0 Å². The number of rotatable bonds is 0. The summed E-state index contributed by atoms with van der Waals surface area (Å²) in [7, 11) is 0. The van der Waals surface area contributed by atoms with Crippen LogP contribution in [0.25, 0.3) is 0 Å². The second-order valence-corrected chi connectivity index (χ2v) is 2.81. The van der Waals surface area contributed by atoms with Crippen LogP contribution in [0.4, 0.5) is 0 Å². The molecule has 0 bridgehead atoms. The molecule has 0 heterocycles. The first-order valence-electron chi connectivity index (χ1n) is 3.48. The average Bonchev–Trinajstić information content (AvgIpc) is 1.77. The average molecular weight is 110 g/mol. The van der Waals surface area contributed by atoms with Crippen LogP contribution in [0.5, 0.6) is 0 Å². The third-order valence-electron chi connectivity index (χ3n) is 2.08. The standard InChI is InChI=1S/C8H14/c1-7-5-3-4-6-8(7)2/h8H,1,3-6H2,2H3/t8-/m1/s1. The normalized spacial score (nSPS) is 30.6. The van der Waals surface area contributed by atoms with Gasteiger partial charge in [0.2, 0.25) is 0 Å². The Kier molecular flexibility index (Phi) is 1.72. The van der Waals surface area contributed by atoms with E-state index >= 15 is 0 Å². The molecule has 0 N–H and O–H groups in total. The zero-order valence-corrected chi connectivity index (χ0v) is 5.61. The maximum atomic E-state index is 4.00. The van der Waals surface area contributed by atoms with Gasteiger partial charge >= 0.3 is 0 Å². The monoisotopic (exact) mass is 110 g/mol. The highest BCUT2D eigenvalue weighted by molar-refractivity contribution is 5.01. The quantitative estimate of drug-likeness (QED) is 0.420. The lowest BCUT2D eigenvalue weighted by Crippen LogP contribution is -2.03. The van der Waals surface area contributed by atoms with E-state index in [9.17, 15) is 0 Å². The molecule has 0 saturated heterocycles. The van der Waals surface area contributed by atoms with Crippen molar-refractivity contribution >= 4 is 0 Å². The Hall–Kier alpha value is -0.260. The van der Waals surface area contributed by atoms with Crippen molar-refractivity contribution in [1.82, 2.24) is 0 Å². The highest BCUT2D eigenvalue weighted by Crippen LogP contribution is 2.26. The van der Waals surface area contributed by atoms with E-state index in [4.69, 9.17) is 0 Å². The molecule has 1 aliphatic rings. The maximum absolute atomic E-state index is 4.00. The highest BCUT2D eigenvalue weighted by atomic mass is 14.2. The van der Waals surface area contributed by atoms with Gasteiger partial charge in [0.15, 0.2) is 0 Å².